The second-order valence-electron chi connectivity index (χ2n) is 9.30. The van der Waals surface area contributed by atoms with Crippen LogP contribution < -0.4 is 9.62 Å². The van der Waals surface area contributed by atoms with Gasteiger partial charge in [0.15, 0.2) is 0 Å². The quantitative estimate of drug-likeness (QED) is 0.330. The molecule has 7 nitrogen and oxygen atoms in total. The molecule has 208 valence electrons. The zero-order chi connectivity index (χ0) is 28.9. The van der Waals surface area contributed by atoms with E-state index in [1.54, 1.807) is 49.4 Å². The van der Waals surface area contributed by atoms with Crippen molar-refractivity contribution in [2.75, 3.05) is 17.9 Å². The number of likely N-dealkylation sites (N-methyl/N-ethyl adjacent to an activating group) is 1. The maximum atomic E-state index is 14.1. The smallest absolute Gasteiger partial charge is 0.264 e. The lowest BCUT2D eigenvalue weighted by Gasteiger charge is -2.33. The van der Waals surface area contributed by atoms with Crippen LogP contribution in [0.5, 0.6) is 0 Å². The summed E-state index contributed by atoms with van der Waals surface area (Å²) in [4.78, 5) is 28.3. The zero-order valence-electron chi connectivity index (χ0n) is 22.7. The number of carbonyl (C=O) groups excluding carboxylic acids is 2. The molecule has 0 aliphatic rings. The third kappa shape index (κ3) is 6.75. The number of halogens is 2. The van der Waals surface area contributed by atoms with Gasteiger partial charge in [0.2, 0.25) is 11.8 Å². The van der Waals surface area contributed by atoms with Crippen molar-refractivity contribution >= 4 is 50.7 Å². The van der Waals surface area contributed by atoms with E-state index in [2.05, 4.69) is 5.32 Å². The van der Waals surface area contributed by atoms with Crippen LogP contribution >= 0.6 is 23.2 Å². The van der Waals surface area contributed by atoms with Crippen molar-refractivity contribution in [2.45, 2.75) is 51.6 Å². The highest BCUT2D eigenvalue weighted by Crippen LogP contribution is 2.31. The number of aryl methyl sites for hydroxylation is 2. The standard InChI is InChI=1S/C29H33Cl2N3O4S/c1-6-26(29(36)32-5)33(17-23-24(30)10-8-11-25(23)31)28(35)18-34(27-12-7-9-20(3)21(27)4)39(37,38)22-15-13-19(2)14-16-22/h7-16,26H,6,17-18H2,1-5H3,(H,32,36)/t26-/m0/s1. The van der Waals surface area contributed by atoms with E-state index in [1.807, 2.05) is 26.8 Å². The molecule has 0 unspecified atom stereocenters. The summed E-state index contributed by atoms with van der Waals surface area (Å²) >= 11 is 12.8. The number of sulfonamides is 1. The summed E-state index contributed by atoms with van der Waals surface area (Å²) < 4.78 is 29.1. The van der Waals surface area contributed by atoms with Gasteiger partial charge in [-0.1, -0.05) is 66.0 Å². The molecule has 39 heavy (non-hydrogen) atoms. The molecule has 0 saturated carbocycles. The molecule has 0 radical (unpaired) electrons. The Balaban J connectivity index is 2.14. The minimum Gasteiger partial charge on any atom is -0.357 e. The Morgan fingerprint density at radius 3 is 2.08 bits per heavy atom. The molecular weight excluding hydrogens is 557 g/mol. The number of nitrogens with zero attached hydrogens (tertiary/aromatic N) is 2. The van der Waals surface area contributed by atoms with Crippen molar-refractivity contribution in [1.82, 2.24) is 10.2 Å². The summed E-state index contributed by atoms with van der Waals surface area (Å²) in [5.74, 6) is -0.952. The lowest BCUT2D eigenvalue weighted by Crippen LogP contribution is -2.52. The predicted octanol–water partition coefficient (Wildman–Crippen LogP) is 5.67. The number of hydrogen-bond donors (Lipinski definition) is 1. The van der Waals surface area contributed by atoms with Crippen LogP contribution in [0.4, 0.5) is 5.69 Å². The minimum atomic E-state index is -4.15. The Hall–Kier alpha value is -3.07. The van der Waals surface area contributed by atoms with Crippen LogP contribution in [0, 0.1) is 20.8 Å². The van der Waals surface area contributed by atoms with Crippen LogP contribution in [0.2, 0.25) is 10.0 Å². The molecule has 0 aliphatic heterocycles. The van der Waals surface area contributed by atoms with Gasteiger partial charge in [0.25, 0.3) is 10.0 Å². The molecule has 3 aromatic rings. The maximum Gasteiger partial charge on any atom is 0.264 e. The van der Waals surface area contributed by atoms with Crippen molar-refractivity contribution in [3.8, 4) is 0 Å². The second kappa shape index (κ2) is 12.9. The summed E-state index contributed by atoms with van der Waals surface area (Å²) in [6.45, 7) is 6.73. The van der Waals surface area contributed by atoms with Crippen LogP contribution in [0.15, 0.2) is 65.6 Å². The highest BCUT2D eigenvalue weighted by molar-refractivity contribution is 7.92. The summed E-state index contributed by atoms with van der Waals surface area (Å²) in [5, 5.41) is 3.28. The van der Waals surface area contributed by atoms with Crippen molar-refractivity contribution in [1.29, 1.82) is 0 Å². The van der Waals surface area contributed by atoms with Gasteiger partial charge >= 0.3 is 0 Å². The van der Waals surface area contributed by atoms with Crippen molar-refractivity contribution in [3.63, 3.8) is 0 Å². The molecule has 3 aromatic carbocycles. The van der Waals surface area contributed by atoms with Crippen LogP contribution in [-0.4, -0.2) is 44.8 Å². The van der Waals surface area contributed by atoms with E-state index in [4.69, 9.17) is 23.2 Å². The molecule has 1 atom stereocenters. The molecule has 0 spiro atoms. The van der Waals surface area contributed by atoms with E-state index in [9.17, 15) is 18.0 Å². The van der Waals surface area contributed by atoms with Crippen LogP contribution in [0.1, 0.15) is 35.6 Å². The van der Waals surface area contributed by atoms with Gasteiger partial charge in [-0.15, -0.1) is 0 Å². The molecule has 3 rings (SSSR count). The van der Waals surface area contributed by atoms with Gasteiger partial charge in [-0.3, -0.25) is 13.9 Å². The summed E-state index contributed by atoms with van der Waals surface area (Å²) in [6, 6.07) is 15.9. The highest BCUT2D eigenvalue weighted by atomic mass is 35.5. The van der Waals surface area contributed by atoms with E-state index in [-0.39, 0.29) is 17.3 Å². The first-order chi connectivity index (χ1) is 18.4. The third-order valence-corrected chi connectivity index (χ3v) is 9.24. The van der Waals surface area contributed by atoms with Crippen LogP contribution in [0.3, 0.4) is 0 Å². The Morgan fingerprint density at radius 2 is 1.51 bits per heavy atom. The molecule has 2 amide bonds. The first-order valence-corrected chi connectivity index (χ1v) is 14.7. The fourth-order valence-electron chi connectivity index (χ4n) is 4.30. The number of nitrogens with one attached hydrogen (secondary N) is 1. The monoisotopic (exact) mass is 589 g/mol. The number of hydrogen-bond acceptors (Lipinski definition) is 4. The Kier molecular flexibility index (Phi) is 10.0. The van der Waals surface area contributed by atoms with Gasteiger partial charge < -0.3 is 10.2 Å². The highest BCUT2D eigenvalue weighted by Gasteiger charge is 2.34. The van der Waals surface area contributed by atoms with E-state index < -0.39 is 28.5 Å². The Morgan fingerprint density at radius 1 is 0.923 bits per heavy atom. The van der Waals surface area contributed by atoms with E-state index >= 15 is 0 Å². The first-order valence-electron chi connectivity index (χ1n) is 12.5. The van der Waals surface area contributed by atoms with E-state index in [1.165, 1.54) is 24.1 Å². The number of anilines is 1. The average molecular weight is 591 g/mol. The van der Waals surface area contributed by atoms with Gasteiger partial charge in [0, 0.05) is 29.2 Å². The molecule has 0 aromatic heterocycles. The van der Waals surface area contributed by atoms with Crippen LogP contribution in [0.25, 0.3) is 0 Å². The Bertz CT molecular complexity index is 1440. The van der Waals surface area contributed by atoms with Gasteiger partial charge in [-0.05, 0) is 68.7 Å². The molecule has 0 bridgehead atoms. The van der Waals surface area contributed by atoms with Gasteiger partial charge in [-0.2, -0.15) is 0 Å². The average Bonchev–Trinajstić information content (AvgIpc) is 2.90. The van der Waals surface area contributed by atoms with Gasteiger partial charge in [0.1, 0.15) is 12.6 Å². The number of rotatable bonds is 10. The molecule has 1 N–H and O–H groups in total. The summed E-state index contributed by atoms with van der Waals surface area (Å²) in [6.07, 6.45) is 0.293. The van der Waals surface area contributed by atoms with Gasteiger partial charge in [-0.25, -0.2) is 8.42 Å². The minimum absolute atomic E-state index is 0.0563. The van der Waals surface area contributed by atoms with Crippen molar-refractivity contribution < 1.29 is 18.0 Å². The lowest BCUT2D eigenvalue weighted by molar-refractivity contribution is -0.140. The number of carbonyl (C=O) groups is 2. The normalized spacial score (nSPS) is 12.1. The predicted molar refractivity (Wildman–Crippen MR) is 157 cm³/mol. The molecule has 10 heteroatoms. The third-order valence-electron chi connectivity index (χ3n) is 6.76. The summed E-state index contributed by atoms with van der Waals surface area (Å²) in [5.41, 5.74) is 3.35. The molecule has 0 aliphatic carbocycles. The van der Waals surface area contributed by atoms with Crippen LogP contribution in [-0.2, 0) is 26.2 Å². The topological polar surface area (TPSA) is 86.8 Å². The zero-order valence-corrected chi connectivity index (χ0v) is 25.0. The molecule has 0 heterocycles. The number of benzene rings is 3. The van der Waals surface area contributed by atoms with E-state index in [0.717, 1.165) is 21.0 Å². The van der Waals surface area contributed by atoms with Gasteiger partial charge in [0.05, 0.1) is 10.6 Å². The van der Waals surface area contributed by atoms with Crippen molar-refractivity contribution in [3.05, 3.63) is 93.0 Å². The fourth-order valence-corrected chi connectivity index (χ4v) is 6.29. The SMILES string of the molecule is CC[C@@H](C(=O)NC)N(Cc1c(Cl)cccc1Cl)C(=O)CN(c1cccc(C)c1C)S(=O)(=O)c1ccc(C)cc1. The largest absolute Gasteiger partial charge is 0.357 e. The van der Waals surface area contributed by atoms with Crippen molar-refractivity contribution in [2.24, 2.45) is 0 Å². The number of amides is 2. The maximum absolute atomic E-state index is 14.1. The van der Waals surface area contributed by atoms with E-state index in [0.29, 0.717) is 27.7 Å². The lowest BCUT2D eigenvalue weighted by atomic mass is 10.1. The first kappa shape index (κ1) is 30.5. The Labute approximate surface area is 240 Å². The second-order valence-corrected chi connectivity index (χ2v) is 12.0. The molecule has 0 fully saturated rings. The molecular formula is C29H33Cl2N3O4S. The molecule has 0 saturated heterocycles. The summed E-state index contributed by atoms with van der Waals surface area (Å²) in [7, 11) is -2.67. The fraction of sp³-hybridized carbons (Fsp3) is 0.310.